The molecule has 0 fully saturated rings. The van der Waals surface area contributed by atoms with E-state index in [1.54, 1.807) is 34.5 Å². The Balaban J connectivity index is 1.71. The minimum absolute atomic E-state index is 0.343. The van der Waals surface area contributed by atoms with E-state index >= 15 is 0 Å². The van der Waals surface area contributed by atoms with Crippen LogP contribution in [-0.4, -0.2) is 38.7 Å². The summed E-state index contributed by atoms with van der Waals surface area (Å²) in [6.45, 7) is 0. The predicted molar refractivity (Wildman–Crippen MR) is 141 cm³/mol. The summed E-state index contributed by atoms with van der Waals surface area (Å²) in [7, 11) is 6.25. The van der Waals surface area contributed by atoms with Crippen LogP contribution in [0.3, 0.4) is 0 Å². The van der Waals surface area contributed by atoms with E-state index in [2.05, 4.69) is 9.69 Å². The van der Waals surface area contributed by atoms with Gasteiger partial charge in [-0.2, -0.15) is 4.37 Å². The molecule has 186 valence electrons. The van der Waals surface area contributed by atoms with E-state index in [0.29, 0.717) is 28.7 Å². The van der Waals surface area contributed by atoms with E-state index in [1.165, 1.54) is 11.5 Å². The molecule has 1 unspecified atom stereocenters. The van der Waals surface area contributed by atoms with Gasteiger partial charge in [-0.25, -0.2) is 0 Å². The quantitative estimate of drug-likeness (QED) is 0.324. The molecule has 36 heavy (non-hydrogen) atoms. The molecule has 1 atom stereocenters. The Morgan fingerprint density at radius 1 is 0.861 bits per heavy atom. The highest BCUT2D eigenvalue weighted by Crippen LogP contribution is 2.44. The Morgan fingerprint density at radius 3 is 2.14 bits per heavy atom. The molecule has 8 nitrogen and oxygen atoms in total. The zero-order valence-electron chi connectivity index (χ0n) is 20.4. The molecule has 1 heterocycles. The molecule has 9 heteroatoms. The topological polar surface area (TPSA) is 105 Å². The van der Waals surface area contributed by atoms with Crippen LogP contribution < -0.4 is 30.0 Å². The minimum Gasteiger partial charge on any atom is -0.495 e. The average molecular weight is 506 g/mol. The fourth-order valence-electron chi connectivity index (χ4n) is 3.86. The van der Waals surface area contributed by atoms with E-state index in [9.17, 15) is 4.79 Å². The molecule has 0 saturated heterocycles. The van der Waals surface area contributed by atoms with Crippen molar-refractivity contribution < 1.29 is 23.7 Å². The number of nitrogens with two attached hydrogens (primary N) is 1. The highest BCUT2D eigenvalue weighted by atomic mass is 32.1. The second-order valence-corrected chi connectivity index (χ2v) is 8.41. The lowest BCUT2D eigenvalue weighted by atomic mass is 10.00. The van der Waals surface area contributed by atoms with Gasteiger partial charge in [-0.1, -0.05) is 36.4 Å². The van der Waals surface area contributed by atoms with Crippen LogP contribution in [0.5, 0.6) is 23.0 Å². The summed E-state index contributed by atoms with van der Waals surface area (Å²) in [6, 6.07) is 17.6. The maximum absolute atomic E-state index is 12.9. The SMILES string of the molecule is COc1ccc(-c2csnc2-c2cc(OC)c(OC)c(OC)c2)cc1NC(=O)C(N)c1ccccc1. The third-order valence-corrected chi connectivity index (χ3v) is 6.35. The van der Waals surface area contributed by atoms with Gasteiger partial charge in [0.2, 0.25) is 11.7 Å². The lowest BCUT2D eigenvalue weighted by Gasteiger charge is -2.16. The van der Waals surface area contributed by atoms with Crippen molar-refractivity contribution in [2.45, 2.75) is 6.04 Å². The predicted octanol–water partition coefficient (Wildman–Crippen LogP) is 5.15. The van der Waals surface area contributed by atoms with Crippen LogP contribution in [-0.2, 0) is 4.79 Å². The third-order valence-electron chi connectivity index (χ3n) is 5.72. The smallest absolute Gasteiger partial charge is 0.245 e. The van der Waals surface area contributed by atoms with Crippen molar-refractivity contribution >= 4 is 23.1 Å². The molecule has 0 saturated carbocycles. The number of carbonyl (C=O) groups excluding carboxylic acids is 1. The van der Waals surface area contributed by atoms with Crippen LogP contribution >= 0.6 is 11.5 Å². The van der Waals surface area contributed by atoms with Gasteiger partial charge in [0, 0.05) is 16.5 Å². The first-order valence-corrected chi connectivity index (χ1v) is 11.9. The lowest BCUT2D eigenvalue weighted by Crippen LogP contribution is -2.27. The van der Waals surface area contributed by atoms with Crippen LogP contribution in [0.2, 0.25) is 0 Å². The fourth-order valence-corrected chi connectivity index (χ4v) is 4.58. The first-order chi connectivity index (χ1) is 17.5. The van der Waals surface area contributed by atoms with Crippen molar-refractivity contribution in [3.63, 3.8) is 0 Å². The monoisotopic (exact) mass is 505 g/mol. The Kier molecular flexibility index (Phi) is 7.72. The van der Waals surface area contributed by atoms with Crippen LogP contribution in [0.1, 0.15) is 11.6 Å². The van der Waals surface area contributed by atoms with Gasteiger partial charge in [0.05, 0.1) is 39.8 Å². The molecule has 0 bridgehead atoms. The first kappa shape index (κ1) is 25.0. The van der Waals surface area contributed by atoms with Gasteiger partial charge >= 0.3 is 0 Å². The Hall–Kier alpha value is -4.08. The third kappa shape index (κ3) is 4.98. The molecular formula is C27H27N3O5S. The van der Waals surface area contributed by atoms with Crippen LogP contribution in [0, 0.1) is 0 Å². The van der Waals surface area contributed by atoms with Gasteiger partial charge in [0.1, 0.15) is 11.8 Å². The summed E-state index contributed by atoms with van der Waals surface area (Å²) in [5.41, 5.74) is 10.7. The van der Waals surface area contributed by atoms with Crippen LogP contribution in [0.15, 0.2) is 66.0 Å². The highest BCUT2D eigenvalue weighted by Gasteiger charge is 2.21. The number of anilines is 1. The number of methoxy groups -OCH3 is 4. The second-order valence-electron chi connectivity index (χ2n) is 7.78. The Labute approximate surface area is 213 Å². The van der Waals surface area contributed by atoms with Gasteiger partial charge in [0.25, 0.3) is 0 Å². The molecule has 3 aromatic carbocycles. The highest BCUT2D eigenvalue weighted by molar-refractivity contribution is 7.04. The number of rotatable bonds is 9. The lowest BCUT2D eigenvalue weighted by molar-refractivity contribution is -0.117. The summed E-state index contributed by atoms with van der Waals surface area (Å²) in [4.78, 5) is 12.9. The fraction of sp³-hybridized carbons (Fsp3) is 0.185. The molecule has 0 radical (unpaired) electrons. The number of benzene rings is 3. The van der Waals surface area contributed by atoms with Crippen LogP contribution in [0.25, 0.3) is 22.4 Å². The van der Waals surface area contributed by atoms with E-state index in [4.69, 9.17) is 24.7 Å². The molecule has 4 rings (SSSR count). The standard InChI is InChI=1S/C27H27N3O5S/c1-32-21-11-10-17(12-20(21)29-27(31)24(28)16-8-6-5-7-9-16)19-15-36-30-25(19)18-13-22(33-2)26(35-4)23(14-18)34-3/h5-15,24H,28H2,1-4H3,(H,29,31). The molecule has 0 aliphatic heterocycles. The van der Waals surface area contributed by atoms with Gasteiger partial charge in [-0.05, 0) is 46.9 Å². The van der Waals surface area contributed by atoms with Crippen molar-refractivity contribution in [2.24, 2.45) is 5.73 Å². The average Bonchev–Trinajstić information content (AvgIpc) is 3.42. The summed E-state index contributed by atoms with van der Waals surface area (Å²) in [5, 5.41) is 4.86. The van der Waals surface area contributed by atoms with Crippen molar-refractivity contribution in [3.05, 3.63) is 71.6 Å². The molecule has 0 aliphatic rings. The van der Waals surface area contributed by atoms with E-state index in [-0.39, 0.29) is 5.91 Å². The maximum Gasteiger partial charge on any atom is 0.245 e. The van der Waals surface area contributed by atoms with Crippen molar-refractivity contribution in [3.8, 4) is 45.4 Å². The summed E-state index contributed by atoms with van der Waals surface area (Å²) in [5.74, 6) is 1.74. The Morgan fingerprint density at radius 2 is 1.53 bits per heavy atom. The molecule has 3 N–H and O–H groups in total. The van der Waals surface area contributed by atoms with Crippen molar-refractivity contribution in [2.75, 3.05) is 33.8 Å². The van der Waals surface area contributed by atoms with E-state index in [0.717, 1.165) is 27.9 Å². The molecule has 4 aromatic rings. The zero-order valence-corrected chi connectivity index (χ0v) is 21.2. The largest absolute Gasteiger partial charge is 0.495 e. The number of aromatic nitrogens is 1. The maximum atomic E-state index is 12.9. The molecular weight excluding hydrogens is 478 g/mol. The number of hydrogen-bond donors (Lipinski definition) is 2. The van der Waals surface area contributed by atoms with Gasteiger partial charge in [-0.15, -0.1) is 0 Å². The number of nitrogens with zero attached hydrogens (tertiary/aromatic N) is 1. The number of carbonyl (C=O) groups is 1. The normalized spacial score (nSPS) is 11.5. The van der Waals surface area contributed by atoms with Gasteiger partial charge in [-0.3, -0.25) is 4.79 Å². The van der Waals surface area contributed by atoms with Crippen LogP contribution in [0.4, 0.5) is 5.69 Å². The number of amides is 1. The minimum atomic E-state index is -0.822. The number of hydrogen-bond acceptors (Lipinski definition) is 8. The van der Waals surface area contributed by atoms with Crippen molar-refractivity contribution in [1.82, 2.24) is 4.37 Å². The van der Waals surface area contributed by atoms with Gasteiger partial charge < -0.3 is 30.0 Å². The van der Waals surface area contributed by atoms with Gasteiger partial charge in [0.15, 0.2) is 11.5 Å². The molecule has 1 amide bonds. The first-order valence-electron chi connectivity index (χ1n) is 11.0. The Bertz CT molecular complexity index is 1330. The second kappa shape index (κ2) is 11.1. The van der Waals surface area contributed by atoms with E-state index in [1.807, 2.05) is 60.0 Å². The zero-order chi connectivity index (χ0) is 25.7. The van der Waals surface area contributed by atoms with E-state index < -0.39 is 6.04 Å². The molecule has 0 aliphatic carbocycles. The number of ether oxygens (including phenoxy) is 4. The number of nitrogens with one attached hydrogen (secondary N) is 1. The summed E-state index contributed by atoms with van der Waals surface area (Å²) < 4.78 is 26.6. The summed E-state index contributed by atoms with van der Waals surface area (Å²) in [6.07, 6.45) is 0. The molecule has 0 spiro atoms. The molecule has 1 aromatic heterocycles. The van der Waals surface area contributed by atoms with Crippen molar-refractivity contribution in [1.29, 1.82) is 0 Å². The summed E-state index contributed by atoms with van der Waals surface area (Å²) >= 11 is 1.32.